The zero-order valence-electron chi connectivity index (χ0n) is 39.7. The summed E-state index contributed by atoms with van der Waals surface area (Å²) in [5, 5.41) is 0. The van der Waals surface area contributed by atoms with Crippen LogP contribution in [0, 0.1) is 0 Å². The Hall–Kier alpha value is -3.41. The second-order valence-corrected chi connectivity index (χ2v) is 16.4. The van der Waals surface area contributed by atoms with E-state index in [4.69, 9.17) is 14.2 Å². The van der Waals surface area contributed by atoms with Crippen LogP contribution in [0.2, 0.25) is 0 Å². The third kappa shape index (κ3) is 47.5. The maximum atomic E-state index is 12.8. The van der Waals surface area contributed by atoms with Crippen molar-refractivity contribution in [3.8, 4) is 0 Å². The molecule has 0 aromatic rings. The molecule has 0 spiro atoms. The van der Waals surface area contributed by atoms with Gasteiger partial charge < -0.3 is 14.2 Å². The fourth-order valence-electron chi connectivity index (χ4n) is 6.69. The molecule has 0 amide bonds. The molecule has 0 aliphatic carbocycles. The molecule has 0 radical (unpaired) electrons. The van der Waals surface area contributed by atoms with Crippen LogP contribution in [0.5, 0.6) is 0 Å². The summed E-state index contributed by atoms with van der Waals surface area (Å²) in [6.07, 6.45) is 62.7. The van der Waals surface area contributed by atoms with E-state index in [0.29, 0.717) is 19.3 Å². The summed E-state index contributed by atoms with van der Waals surface area (Å²) >= 11 is 0. The molecule has 1 atom stereocenters. The average Bonchev–Trinajstić information content (AvgIpc) is 3.26. The molecule has 0 aliphatic heterocycles. The second kappa shape index (κ2) is 49.2. The normalized spacial score (nSPS) is 12.8. The van der Waals surface area contributed by atoms with Gasteiger partial charge in [0.15, 0.2) is 6.10 Å². The van der Waals surface area contributed by atoms with Gasteiger partial charge in [0.1, 0.15) is 13.2 Å². The molecule has 0 aromatic carbocycles. The lowest BCUT2D eigenvalue weighted by Gasteiger charge is -2.18. The first kappa shape index (κ1) is 57.6. The highest BCUT2D eigenvalue weighted by Crippen LogP contribution is 2.14. The van der Waals surface area contributed by atoms with Gasteiger partial charge in [-0.3, -0.25) is 14.4 Å². The van der Waals surface area contributed by atoms with Gasteiger partial charge in [-0.2, -0.15) is 0 Å². The van der Waals surface area contributed by atoms with E-state index in [9.17, 15) is 14.4 Å². The highest BCUT2D eigenvalue weighted by Gasteiger charge is 2.19. The number of rotatable bonds is 44. The van der Waals surface area contributed by atoms with E-state index >= 15 is 0 Å². The van der Waals surface area contributed by atoms with Crippen molar-refractivity contribution in [1.29, 1.82) is 0 Å². The molecule has 6 heteroatoms. The van der Waals surface area contributed by atoms with E-state index in [1.165, 1.54) is 83.5 Å². The van der Waals surface area contributed by atoms with Crippen LogP contribution < -0.4 is 0 Å². The number of esters is 3. The molecule has 0 bridgehead atoms. The Kier molecular flexibility index (Phi) is 46.5. The molecule has 0 rings (SSSR count). The van der Waals surface area contributed by atoms with Gasteiger partial charge in [-0.15, -0.1) is 0 Å². The minimum atomic E-state index is -0.791. The SMILES string of the molecule is CC\C=C/C=C\C=C/CCCCCCCCCC(=O)OC(COC(=O)CCCCCCC/C=C\CCCCC)COC(=O)CCCCCCCC/C=C\C/C=C\C/C=C\CC. The summed E-state index contributed by atoms with van der Waals surface area (Å²) in [7, 11) is 0. The third-order valence-corrected chi connectivity index (χ3v) is 10.4. The van der Waals surface area contributed by atoms with E-state index in [1.54, 1.807) is 0 Å². The largest absolute Gasteiger partial charge is 0.462 e. The number of allylic oxidation sites excluding steroid dienone is 14. The topological polar surface area (TPSA) is 78.9 Å². The molecule has 1 unspecified atom stereocenters. The number of hydrogen-bond donors (Lipinski definition) is 0. The van der Waals surface area contributed by atoms with Crippen LogP contribution in [0.3, 0.4) is 0 Å². The summed E-state index contributed by atoms with van der Waals surface area (Å²) in [4.78, 5) is 37.9. The molecule has 0 aromatic heterocycles. The first-order chi connectivity index (χ1) is 30.0. The van der Waals surface area contributed by atoms with Crippen molar-refractivity contribution in [3.63, 3.8) is 0 Å². The van der Waals surface area contributed by atoms with Crippen LogP contribution in [0.25, 0.3) is 0 Å². The molecule has 0 saturated carbocycles. The number of hydrogen-bond acceptors (Lipinski definition) is 6. The Morgan fingerprint density at radius 1 is 0.361 bits per heavy atom. The van der Waals surface area contributed by atoms with Crippen LogP contribution in [-0.2, 0) is 28.6 Å². The fraction of sp³-hybridized carbons (Fsp3) is 0.691. The minimum absolute atomic E-state index is 0.0909. The lowest BCUT2D eigenvalue weighted by Crippen LogP contribution is -2.30. The molecule has 348 valence electrons. The van der Waals surface area contributed by atoms with E-state index in [2.05, 4.69) is 106 Å². The highest BCUT2D eigenvalue weighted by molar-refractivity contribution is 5.71. The molecule has 6 nitrogen and oxygen atoms in total. The Labute approximate surface area is 375 Å². The lowest BCUT2D eigenvalue weighted by molar-refractivity contribution is -0.167. The van der Waals surface area contributed by atoms with Crippen molar-refractivity contribution >= 4 is 17.9 Å². The number of carbonyl (C=O) groups is 3. The molecular formula is C55H92O6. The van der Waals surface area contributed by atoms with E-state index in [1.807, 2.05) is 0 Å². The van der Waals surface area contributed by atoms with Gasteiger partial charge in [0.25, 0.3) is 0 Å². The Morgan fingerprint density at radius 3 is 1.20 bits per heavy atom. The smallest absolute Gasteiger partial charge is 0.306 e. The first-order valence-corrected chi connectivity index (χ1v) is 25.1. The van der Waals surface area contributed by atoms with E-state index in [0.717, 1.165) is 103 Å². The molecule has 61 heavy (non-hydrogen) atoms. The molecule has 0 saturated heterocycles. The zero-order valence-corrected chi connectivity index (χ0v) is 39.7. The van der Waals surface area contributed by atoms with Crippen molar-refractivity contribution < 1.29 is 28.6 Å². The van der Waals surface area contributed by atoms with E-state index in [-0.39, 0.29) is 31.1 Å². The van der Waals surface area contributed by atoms with Gasteiger partial charge in [-0.25, -0.2) is 0 Å². The standard InChI is InChI=1S/C55H92O6/c1-4-7-10-13-16-19-22-25-27-29-30-33-36-39-42-45-48-54(57)60-51-52(50-59-53(56)47-44-41-38-35-32-24-21-18-15-12-9-6-3)61-55(58)49-46-43-40-37-34-31-28-26-23-20-17-14-11-8-5-2/h7-8,10-11,14,16-21,23,25,27,52H,4-6,9,12-13,15,22,24,26,28-51H2,1-3H3/b10-7-,11-8-,17-14-,19-16-,21-18-,23-20-,27-25-. The molecular weight excluding hydrogens is 757 g/mol. The Balaban J connectivity index is 4.43. The second-order valence-electron chi connectivity index (χ2n) is 16.4. The predicted octanol–water partition coefficient (Wildman–Crippen LogP) is 16.4. The van der Waals surface area contributed by atoms with Crippen molar-refractivity contribution in [1.82, 2.24) is 0 Å². The van der Waals surface area contributed by atoms with Crippen LogP contribution in [0.15, 0.2) is 85.1 Å². The molecule has 0 N–H and O–H groups in total. The lowest BCUT2D eigenvalue weighted by atomic mass is 10.1. The van der Waals surface area contributed by atoms with Crippen molar-refractivity contribution in [2.75, 3.05) is 13.2 Å². The number of carbonyl (C=O) groups excluding carboxylic acids is 3. The van der Waals surface area contributed by atoms with E-state index < -0.39 is 6.10 Å². The number of ether oxygens (including phenoxy) is 3. The Bertz CT molecular complexity index is 1200. The van der Waals surface area contributed by atoms with Gasteiger partial charge >= 0.3 is 17.9 Å². The molecule has 0 fully saturated rings. The van der Waals surface area contributed by atoms with Crippen molar-refractivity contribution in [2.45, 2.75) is 232 Å². The monoisotopic (exact) mass is 849 g/mol. The fourth-order valence-corrected chi connectivity index (χ4v) is 6.69. The van der Waals surface area contributed by atoms with Gasteiger partial charge in [0.05, 0.1) is 0 Å². The van der Waals surface area contributed by atoms with Gasteiger partial charge in [-0.05, 0) is 96.3 Å². The molecule has 0 aliphatic rings. The minimum Gasteiger partial charge on any atom is -0.462 e. The maximum absolute atomic E-state index is 12.8. The predicted molar refractivity (Wildman–Crippen MR) is 261 cm³/mol. The quantitative estimate of drug-likeness (QED) is 0.0200. The van der Waals surface area contributed by atoms with Crippen LogP contribution in [-0.4, -0.2) is 37.2 Å². The van der Waals surface area contributed by atoms with Crippen LogP contribution in [0.4, 0.5) is 0 Å². The average molecular weight is 849 g/mol. The molecule has 0 heterocycles. The summed E-state index contributed by atoms with van der Waals surface area (Å²) < 4.78 is 16.8. The van der Waals surface area contributed by atoms with Gasteiger partial charge in [0.2, 0.25) is 0 Å². The Morgan fingerprint density at radius 2 is 0.721 bits per heavy atom. The van der Waals surface area contributed by atoms with Crippen molar-refractivity contribution in [2.24, 2.45) is 0 Å². The summed E-state index contributed by atoms with van der Waals surface area (Å²) in [6, 6.07) is 0. The summed E-state index contributed by atoms with van der Waals surface area (Å²) in [5.74, 6) is -0.927. The third-order valence-electron chi connectivity index (χ3n) is 10.4. The van der Waals surface area contributed by atoms with Crippen molar-refractivity contribution in [3.05, 3.63) is 85.1 Å². The number of unbranched alkanes of at least 4 members (excludes halogenated alkanes) is 21. The van der Waals surface area contributed by atoms with Gasteiger partial charge in [0, 0.05) is 19.3 Å². The van der Waals surface area contributed by atoms with Crippen LogP contribution in [0.1, 0.15) is 226 Å². The first-order valence-electron chi connectivity index (χ1n) is 25.1. The zero-order chi connectivity index (χ0) is 44.4. The maximum Gasteiger partial charge on any atom is 0.306 e. The van der Waals surface area contributed by atoms with Crippen LogP contribution >= 0.6 is 0 Å². The van der Waals surface area contributed by atoms with Gasteiger partial charge in [-0.1, -0.05) is 196 Å². The highest BCUT2D eigenvalue weighted by atomic mass is 16.6. The summed E-state index contributed by atoms with van der Waals surface area (Å²) in [5.41, 5.74) is 0. The summed E-state index contributed by atoms with van der Waals surface area (Å²) in [6.45, 7) is 6.34.